The molecule has 0 saturated heterocycles. The molecule has 1 unspecified atom stereocenters. The topological polar surface area (TPSA) is 89.2 Å². The summed E-state index contributed by atoms with van der Waals surface area (Å²) in [6.07, 6.45) is 0. The molecule has 0 spiro atoms. The fourth-order valence-electron chi connectivity index (χ4n) is 2.42. The Kier molecular flexibility index (Phi) is 5.50. The minimum absolute atomic E-state index is 0.189. The number of hydrazone groups is 1. The van der Waals surface area contributed by atoms with Crippen LogP contribution in [0.3, 0.4) is 0 Å². The SMILES string of the molecule is O=C(NN=C(c1ccccc1)c1ccc([NH+]([O-])O)cc1)c1ccccc1. The Hall–Kier alpha value is -3.32. The van der Waals surface area contributed by atoms with Gasteiger partial charge in [0.1, 0.15) is 0 Å². The molecule has 0 aliphatic carbocycles. The van der Waals surface area contributed by atoms with E-state index in [0.29, 0.717) is 16.8 Å². The van der Waals surface area contributed by atoms with Crippen molar-refractivity contribution in [3.05, 3.63) is 107 Å². The van der Waals surface area contributed by atoms with Crippen LogP contribution in [-0.2, 0) is 0 Å². The number of quaternary nitrogens is 1. The van der Waals surface area contributed by atoms with E-state index in [2.05, 4.69) is 10.5 Å². The molecular formula is C20H17N3O3. The van der Waals surface area contributed by atoms with Gasteiger partial charge in [-0.15, -0.1) is 0 Å². The lowest BCUT2D eigenvalue weighted by Crippen LogP contribution is -2.99. The monoisotopic (exact) mass is 347 g/mol. The number of carbonyl (C=O) groups excluding carboxylic acids is 1. The van der Waals surface area contributed by atoms with Gasteiger partial charge in [0.2, 0.25) is 0 Å². The Bertz CT molecular complexity index is 893. The molecule has 1 amide bonds. The first-order valence-corrected chi connectivity index (χ1v) is 7.97. The van der Waals surface area contributed by atoms with Crippen molar-refractivity contribution in [2.24, 2.45) is 5.10 Å². The normalized spacial score (nSPS) is 12.5. The van der Waals surface area contributed by atoms with Crippen molar-refractivity contribution in [3.63, 3.8) is 0 Å². The van der Waals surface area contributed by atoms with E-state index in [4.69, 9.17) is 5.21 Å². The summed E-state index contributed by atoms with van der Waals surface area (Å²) in [5.41, 5.74) is 5.32. The van der Waals surface area contributed by atoms with E-state index in [9.17, 15) is 10.0 Å². The molecule has 130 valence electrons. The van der Waals surface area contributed by atoms with E-state index in [1.807, 2.05) is 36.4 Å². The average molecular weight is 347 g/mol. The number of nitrogens with zero attached hydrogens (tertiary/aromatic N) is 1. The van der Waals surface area contributed by atoms with E-state index in [1.54, 1.807) is 36.4 Å². The highest BCUT2D eigenvalue weighted by molar-refractivity contribution is 6.13. The highest BCUT2D eigenvalue weighted by atomic mass is 16.8. The first-order valence-electron chi connectivity index (χ1n) is 7.97. The lowest BCUT2D eigenvalue weighted by Gasteiger charge is -2.12. The van der Waals surface area contributed by atoms with Gasteiger partial charge in [-0.2, -0.15) is 10.3 Å². The molecule has 0 saturated carbocycles. The van der Waals surface area contributed by atoms with Crippen molar-refractivity contribution in [1.82, 2.24) is 5.43 Å². The molecule has 6 heteroatoms. The van der Waals surface area contributed by atoms with Crippen LogP contribution in [0.25, 0.3) is 0 Å². The van der Waals surface area contributed by atoms with Crippen LogP contribution in [0.2, 0.25) is 0 Å². The van der Waals surface area contributed by atoms with Gasteiger partial charge in [-0.1, -0.05) is 48.5 Å². The summed E-state index contributed by atoms with van der Waals surface area (Å²) in [6.45, 7) is 0. The highest BCUT2D eigenvalue weighted by Crippen LogP contribution is 2.13. The number of hydrogen-bond acceptors (Lipinski definition) is 4. The Labute approximate surface area is 150 Å². The second kappa shape index (κ2) is 8.17. The summed E-state index contributed by atoms with van der Waals surface area (Å²) in [5, 5.41) is 23.4. The van der Waals surface area contributed by atoms with Crippen LogP contribution in [0.4, 0.5) is 5.69 Å². The van der Waals surface area contributed by atoms with Crippen molar-refractivity contribution >= 4 is 17.3 Å². The van der Waals surface area contributed by atoms with Gasteiger partial charge >= 0.3 is 0 Å². The maximum Gasteiger partial charge on any atom is 0.271 e. The molecule has 6 nitrogen and oxygen atoms in total. The third-order valence-corrected chi connectivity index (χ3v) is 3.76. The molecule has 0 aliphatic rings. The van der Waals surface area contributed by atoms with Gasteiger partial charge in [0.15, 0.2) is 5.69 Å². The number of rotatable bonds is 5. The zero-order valence-electron chi connectivity index (χ0n) is 13.8. The quantitative estimate of drug-likeness (QED) is 0.489. The molecule has 0 bridgehead atoms. The van der Waals surface area contributed by atoms with Crippen molar-refractivity contribution in [3.8, 4) is 0 Å². The van der Waals surface area contributed by atoms with Gasteiger partial charge in [0.05, 0.1) is 5.71 Å². The first-order chi connectivity index (χ1) is 12.6. The third kappa shape index (κ3) is 4.20. The Morgan fingerprint density at radius 1 is 0.808 bits per heavy atom. The molecule has 0 aliphatic heterocycles. The van der Waals surface area contributed by atoms with Crippen LogP contribution >= 0.6 is 0 Å². The largest absolute Gasteiger partial charge is 0.595 e. The van der Waals surface area contributed by atoms with Gasteiger partial charge < -0.3 is 5.21 Å². The van der Waals surface area contributed by atoms with Crippen molar-refractivity contribution in [2.45, 2.75) is 0 Å². The average Bonchev–Trinajstić information content (AvgIpc) is 2.70. The molecule has 0 radical (unpaired) electrons. The standard InChI is InChI=1S/C20H17N3O3/c24-20(17-9-5-2-6-10-17)22-21-19(15-7-3-1-4-8-15)16-11-13-18(14-12-16)23(25)26/h1-14,23,25H,(H,22,24). The number of nitrogens with one attached hydrogen (secondary N) is 2. The first kappa shape index (κ1) is 17.5. The van der Waals surface area contributed by atoms with E-state index in [-0.39, 0.29) is 11.6 Å². The van der Waals surface area contributed by atoms with Crippen molar-refractivity contribution < 1.29 is 15.2 Å². The summed E-state index contributed by atoms with van der Waals surface area (Å²) in [5.74, 6) is -0.318. The zero-order valence-corrected chi connectivity index (χ0v) is 13.8. The summed E-state index contributed by atoms with van der Waals surface area (Å²) in [4.78, 5) is 12.3. The molecular weight excluding hydrogens is 330 g/mol. The third-order valence-electron chi connectivity index (χ3n) is 3.76. The number of carbonyl (C=O) groups is 1. The lowest BCUT2D eigenvalue weighted by molar-refractivity contribution is -0.991. The maximum absolute atomic E-state index is 12.3. The molecule has 3 rings (SSSR count). The van der Waals surface area contributed by atoms with Gasteiger partial charge in [0.25, 0.3) is 5.91 Å². The minimum atomic E-state index is -0.993. The second-order valence-electron chi connectivity index (χ2n) is 5.52. The smallest absolute Gasteiger partial charge is 0.271 e. The van der Waals surface area contributed by atoms with Crippen molar-refractivity contribution in [1.29, 1.82) is 0 Å². The predicted octanol–water partition coefficient (Wildman–Crippen LogP) is 2.27. The van der Waals surface area contributed by atoms with Crippen LogP contribution in [0.5, 0.6) is 0 Å². The van der Waals surface area contributed by atoms with Crippen molar-refractivity contribution in [2.75, 3.05) is 0 Å². The molecule has 3 aromatic carbocycles. The zero-order chi connectivity index (χ0) is 18.4. The molecule has 26 heavy (non-hydrogen) atoms. The molecule has 0 aromatic heterocycles. The van der Waals surface area contributed by atoms with E-state index >= 15 is 0 Å². The van der Waals surface area contributed by atoms with E-state index < -0.39 is 5.23 Å². The Morgan fingerprint density at radius 3 is 1.85 bits per heavy atom. The summed E-state index contributed by atoms with van der Waals surface area (Å²) in [6, 6.07) is 24.5. The number of hydrogen-bond donors (Lipinski definition) is 3. The van der Waals surface area contributed by atoms with Gasteiger partial charge in [0, 0.05) is 28.8 Å². The number of amides is 1. The van der Waals surface area contributed by atoms with Crippen LogP contribution < -0.4 is 10.7 Å². The highest BCUT2D eigenvalue weighted by Gasteiger charge is 2.10. The maximum atomic E-state index is 12.3. The fraction of sp³-hybridized carbons (Fsp3) is 0. The predicted molar refractivity (Wildman–Crippen MR) is 98.2 cm³/mol. The summed E-state index contributed by atoms with van der Waals surface area (Å²) < 4.78 is 0. The molecule has 1 atom stereocenters. The second-order valence-corrected chi connectivity index (χ2v) is 5.52. The summed E-state index contributed by atoms with van der Waals surface area (Å²) >= 11 is 0. The van der Waals surface area contributed by atoms with Crippen LogP contribution in [0.1, 0.15) is 21.5 Å². The Balaban J connectivity index is 1.92. The fourth-order valence-corrected chi connectivity index (χ4v) is 2.42. The van der Waals surface area contributed by atoms with Gasteiger partial charge in [-0.3, -0.25) is 4.79 Å². The van der Waals surface area contributed by atoms with E-state index in [1.165, 1.54) is 12.1 Å². The van der Waals surface area contributed by atoms with Crippen LogP contribution in [0, 0.1) is 5.21 Å². The Morgan fingerprint density at radius 2 is 1.31 bits per heavy atom. The van der Waals surface area contributed by atoms with Gasteiger partial charge in [-0.25, -0.2) is 10.6 Å². The minimum Gasteiger partial charge on any atom is -0.595 e. The molecule has 0 heterocycles. The summed E-state index contributed by atoms with van der Waals surface area (Å²) in [7, 11) is 0. The van der Waals surface area contributed by atoms with Crippen LogP contribution in [-0.4, -0.2) is 16.8 Å². The molecule has 3 aromatic rings. The molecule has 0 fully saturated rings. The molecule has 3 N–H and O–H groups in total. The number of benzene rings is 3. The van der Waals surface area contributed by atoms with Crippen LogP contribution in [0.15, 0.2) is 90.0 Å². The van der Waals surface area contributed by atoms with E-state index in [0.717, 1.165) is 5.56 Å². The van der Waals surface area contributed by atoms with Gasteiger partial charge in [-0.05, 0) is 24.3 Å². The lowest BCUT2D eigenvalue weighted by atomic mass is 10.0.